The lowest BCUT2D eigenvalue weighted by Gasteiger charge is -2.23. The summed E-state index contributed by atoms with van der Waals surface area (Å²) < 4.78 is 3.84. The van der Waals surface area contributed by atoms with Gasteiger partial charge in [-0.15, -0.1) is 0 Å². The molecule has 1 aliphatic carbocycles. The Labute approximate surface area is 118 Å². The minimum Gasteiger partial charge on any atom is -0.343 e. The number of nitrogens with zero attached hydrogens (tertiary/aromatic N) is 5. The van der Waals surface area contributed by atoms with Crippen LogP contribution in [0.3, 0.4) is 0 Å². The van der Waals surface area contributed by atoms with Crippen molar-refractivity contribution in [3.05, 3.63) is 37.2 Å². The molecule has 0 spiro atoms. The molecule has 0 saturated heterocycles. The maximum Gasteiger partial charge on any atom is 0.230 e. The third-order valence-electron chi connectivity index (χ3n) is 3.93. The van der Waals surface area contributed by atoms with E-state index in [-0.39, 0.29) is 11.3 Å². The molecule has 2 heterocycles. The van der Waals surface area contributed by atoms with Gasteiger partial charge in [0, 0.05) is 44.9 Å². The Balaban J connectivity index is 1.57. The van der Waals surface area contributed by atoms with Gasteiger partial charge in [0.2, 0.25) is 5.91 Å². The summed E-state index contributed by atoms with van der Waals surface area (Å²) in [4.78, 5) is 18.4. The first-order chi connectivity index (χ1) is 9.70. The fraction of sp³-hybridized carbons (Fsp3) is 0.500. The number of carbonyl (C=O) groups is 1. The lowest BCUT2D eigenvalue weighted by atomic mass is 10.1. The Hall–Kier alpha value is -2.11. The molecule has 6 nitrogen and oxygen atoms in total. The second-order valence-corrected chi connectivity index (χ2v) is 5.51. The molecule has 0 N–H and O–H groups in total. The van der Waals surface area contributed by atoms with Gasteiger partial charge in [-0.05, 0) is 18.9 Å². The van der Waals surface area contributed by atoms with Gasteiger partial charge >= 0.3 is 0 Å². The van der Waals surface area contributed by atoms with Gasteiger partial charge in [0.05, 0.1) is 18.3 Å². The molecular formula is C14H19N5O. The van der Waals surface area contributed by atoms with Crippen molar-refractivity contribution in [2.75, 3.05) is 13.6 Å². The van der Waals surface area contributed by atoms with Crippen LogP contribution in [0.4, 0.5) is 0 Å². The maximum atomic E-state index is 12.6. The molecule has 20 heavy (non-hydrogen) atoms. The van der Waals surface area contributed by atoms with Crippen molar-refractivity contribution in [1.29, 1.82) is 0 Å². The summed E-state index contributed by atoms with van der Waals surface area (Å²) in [6.07, 6.45) is 11.0. The number of rotatable bonds is 6. The zero-order chi connectivity index (χ0) is 14.0. The second kappa shape index (κ2) is 5.11. The first-order valence-electron chi connectivity index (χ1n) is 6.88. The van der Waals surface area contributed by atoms with Crippen molar-refractivity contribution < 1.29 is 4.79 Å². The average Bonchev–Trinajstić information content (AvgIpc) is 2.86. The molecule has 0 bridgehead atoms. The zero-order valence-electron chi connectivity index (χ0n) is 11.6. The van der Waals surface area contributed by atoms with Crippen LogP contribution < -0.4 is 0 Å². The summed E-state index contributed by atoms with van der Waals surface area (Å²) in [6, 6.07) is 1.89. The fourth-order valence-electron chi connectivity index (χ4n) is 2.49. The Bertz CT molecular complexity index is 556. The Morgan fingerprint density at radius 2 is 2.20 bits per heavy atom. The summed E-state index contributed by atoms with van der Waals surface area (Å²) in [7, 11) is 1.88. The van der Waals surface area contributed by atoms with Crippen LogP contribution in [0.1, 0.15) is 12.8 Å². The van der Waals surface area contributed by atoms with Crippen molar-refractivity contribution >= 4 is 5.91 Å². The summed E-state index contributed by atoms with van der Waals surface area (Å²) in [5.74, 6) is 0.230. The van der Waals surface area contributed by atoms with Crippen molar-refractivity contribution in [2.24, 2.45) is 5.41 Å². The van der Waals surface area contributed by atoms with Gasteiger partial charge in [-0.3, -0.25) is 9.48 Å². The number of amides is 1. The quantitative estimate of drug-likeness (QED) is 0.789. The molecule has 3 rings (SSSR count). The molecule has 2 aromatic rings. The standard InChI is InChI=1S/C14H19N5O/c1-17(9-10-18-8-6-15-12-18)13(20)14(3-4-14)11-19-7-2-5-16-19/h2,5-8,12H,3-4,9-11H2,1H3. The maximum absolute atomic E-state index is 12.6. The van der Waals surface area contributed by atoms with E-state index in [2.05, 4.69) is 10.1 Å². The Kier molecular flexibility index (Phi) is 3.30. The smallest absolute Gasteiger partial charge is 0.230 e. The van der Waals surface area contributed by atoms with Gasteiger partial charge < -0.3 is 9.47 Å². The van der Waals surface area contributed by atoms with Gasteiger partial charge in [-0.2, -0.15) is 5.10 Å². The van der Waals surface area contributed by atoms with Crippen molar-refractivity contribution in [3.63, 3.8) is 0 Å². The summed E-state index contributed by atoms with van der Waals surface area (Å²) in [5, 5.41) is 4.20. The third-order valence-corrected chi connectivity index (χ3v) is 3.93. The average molecular weight is 273 g/mol. The minimum absolute atomic E-state index is 0.226. The summed E-state index contributed by atoms with van der Waals surface area (Å²) in [6.45, 7) is 2.17. The van der Waals surface area contributed by atoms with Crippen molar-refractivity contribution in [2.45, 2.75) is 25.9 Å². The largest absolute Gasteiger partial charge is 0.343 e. The lowest BCUT2D eigenvalue weighted by Crippen LogP contribution is -2.38. The zero-order valence-corrected chi connectivity index (χ0v) is 11.6. The van der Waals surface area contributed by atoms with Crippen LogP contribution in [0.15, 0.2) is 37.2 Å². The van der Waals surface area contributed by atoms with E-state index in [1.54, 1.807) is 18.7 Å². The van der Waals surface area contributed by atoms with Crippen LogP contribution in [-0.2, 0) is 17.9 Å². The minimum atomic E-state index is -0.226. The molecule has 0 aliphatic heterocycles. The molecule has 0 aromatic carbocycles. The van der Waals surface area contributed by atoms with E-state index in [0.717, 1.165) is 19.4 Å². The molecule has 1 aliphatic rings. The lowest BCUT2D eigenvalue weighted by molar-refractivity contribution is -0.136. The van der Waals surface area contributed by atoms with Crippen LogP contribution >= 0.6 is 0 Å². The number of hydrogen-bond donors (Lipinski definition) is 0. The molecule has 1 fully saturated rings. The SMILES string of the molecule is CN(CCn1ccnc1)C(=O)C1(Cn2cccn2)CC1. The van der Waals surface area contributed by atoms with Crippen LogP contribution in [0, 0.1) is 5.41 Å². The Morgan fingerprint density at radius 3 is 2.80 bits per heavy atom. The molecule has 0 radical (unpaired) electrons. The van der Waals surface area contributed by atoms with Gasteiger partial charge in [0.15, 0.2) is 0 Å². The van der Waals surface area contributed by atoms with E-state index in [9.17, 15) is 4.79 Å². The molecule has 1 amide bonds. The third kappa shape index (κ3) is 2.59. The first kappa shape index (κ1) is 12.9. The highest BCUT2D eigenvalue weighted by Crippen LogP contribution is 2.48. The molecule has 106 valence electrons. The summed E-state index contributed by atoms with van der Waals surface area (Å²) in [5.41, 5.74) is -0.226. The van der Waals surface area contributed by atoms with Crippen LogP contribution in [0.5, 0.6) is 0 Å². The van der Waals surface area contributed by atoms with Crippen molar-refractivity contribution in [1.82, 2.24) is 24.2 Å². The fourth-order valence-corrected chi connectivity index (χ4v) is 2.49. The van der Waals surface area contributed by atoms with E-state index >= 15 is 0 Å². The number of imidazole rings is 1. The molecule has 0 unspecified atom stereocenters. The van der Waals surface area contributed by atoms with Gasteiger partial charge in [-0.25, -0.2) is 4.98 Å². The normalized spacial score (nSPS) is 16.1. The predicted octanol–water partition coefficient (Wildman–Crippen LogP) is 1.02. The van der Waals surface area contributed by atoms with Gasteiger partial charge in [0.1, 0.15) is 0 Å². The van der Waals surface area contributed by atoms with E-state index in [4.69, 9.17) is 0 Å². The van der Waals surface area contributed by atoms with Crippen LogP contribution in [0.2, 0.25) is 0 Å². The van der Waals surface area contributed by atoms with E-state index in [1.807, 2.05) is 39.7 Å². The topological polar surface area (TPSA) is 56.0 Å². The monoisotopic (exact) mass is 273 g/mol. The Morgan fingerprint density at radius 1 is 1.35 bits per heavy atom. The van der Waals surface area contributed by atoms with Crippen molar-refractivity contribution in [3.8, 4) is 0 Å². The first-order valence-corrected chi connectivity index (χ1v) is 6.88. The number of likely N-dealkylation sites (N-methyl/N-ethyl adjacent to an activating group) is 1. The number of aromatic nitrogens is 4. The summed E-state index contributed by atoms with van der Waals surface area (Å²) >= 11 is 0. The van der Waals surface area contributed by atoms with Gasteiger partial charge in [0.25, 0.3) is 0 Å². The molecular weight excluding hydrogens is 254 g/mol. The number of hydrogen-bond acceptors (Lipinski definition) is 3. The molecule has 0 atom stereocenters. The highest BCUT2D eigenvalue weighted by atomic mass is 16.2. The predicted molar refractivity (Wildman–Crippen MR) is 73.8 cm³/mol. The highest BCUT2D eigenvalue weighted by Gasteiger charge is 2.51. The highest BCUT2D eigenvalue weighted by molar-refractivity contribution is 5.85. The van der Waals surface area contributed by atoms with E-state index < -0.39 is 0 Å². The van der Waals surface area contributed by atoms with Crippen LogP contribution in [0.25, 0.3) is 0 Å². The van der Waals surface area contributed by atoms with Crippen LogP contribution in [-0.4, -0.2) is 43.7 Å². The van der Waals surface area contributed by atoms with E-state index in [1.165, 1.54) is 0 Å². The van der Waals surface area contributed by atoms with Gasteiger partial charge in [-0.1, -0.05) is 0 Å². The molecule has 6 heteroatoms. The number of carbonyl (C=O) groups excluding carboxylic acids is 1. The second-order valence-electron chi connectivity index (χ2n) is 5.51. The molecule has 1 saturated carbocycles. The van der Waals surface area contributed by atoms with E-state index in [0.29, 0.717) is 13.1 Å². The molecule has 2 aromatic heterocycles.